The lowest BCUT2D eigenvalue weighted by Crippen LogP contribution is -2.52. The molecule has 146 valence electrons. The van der Waals surface area contributed by atoms with Gasteiger partial charge in [0, 0.05) is 49.8 Å². The number of anilines is 1. The van der Waals surface area contributed by atoms with Gasteiger partial charge in [-0.15, -0.1) is 0 Å². The van der Waals surface area contributed by atoms with Crippen molar-refractivity contribution in [2.24, 2.45) is 0 Å². The first-order valence-corrected chi connectivity index (χ1v) is 10.7. The molecule has 1 aromatic heterocycles. The van der Waals surface area contributed by atoms with E-state index in [1.54, 1.807) is 0 Å². The molecule has 0 bridgehead atoms. The Hall–Kier alpha value is -1.85. The Morgan fingerprint density at radius 2 is 1.78 bits per heavy atom. The summed E-state index contributed by atoms with van der Waals surface area (Å²) < 4.78 is 1.91. The van der Waals surface area contributed by atoms with Crippen LogP contribution in [0.5, 0.6) is 0 Å². The molecule has 5 heteroatoms. The normalized spacial score (nSPS) is 22.3. The average Bonchev–Trinajstić information content (AvgIpc) is 3.24. The molecule has 0 unspecified atom stereocenters. The highest BCUT2D eigenvalue weighted by atomic mass is 15.3. The molecule has 2 saturated heterocycles. The second-order valence-corrected chi connectivity index (χ2v) is 8.03. The number of rotatable bonds is 6. The molecule has 1 atom stereocenters. The van der Waals surface area contributed by atoms with E-state index in [-0.39, 0.29) is 0 Å². The highest BCUT2D eigenvalue weighted by molar-refractivity contribution is 5.51. The fourth-order valence-corrected chi connectivity index (χ4v) is 4.59. The minimum atomic E-state index is 0.677. The Bertz CT molecular complexity index is 671. The molecule has 3 heterocycles. The molecule has 0 spiro atoms. The van der Waals surface area contributed by atoms with Gasteiger partial charge in [0.1, 0.15) is 0 Å². The molecule has 5 nitrogen and oxygen atoms in total. The van der Waals surface area contributed by atoms with Gasteiger partial charge in [0.25, 0.3) is 0 Å². The van der Waals surface area contributed by atoms with Crippen molar-refractivity contribution in [2.75, 3.05) is 37.6 Å². The minimum Gasteiger partial charge on any atom is -0.371 e. The van der Waals surface area contributed by atoms with E-state index in [9.17, 15) is 0 Å². The van der Waals surface area contributed by atoms with Crippen molar-refractivity contribution >= 4 is 5.69 Å². The summed E-state index contributed by atoms with van der Waals surface area (Å²) in [5.41, 5.74) is 2.45. The number of aromatic nitrogens is 2. The summed E-state index contributed by atoms with van der Waals surface area (Å²) in [6.07, 6.45) is 10.2. The molecule has 0 saturated carbocycles. The maximum absolute atomic E-state index is 4.30. The maximum Gasteiger partial charge on any atom is 0.0647 e. The first-order valence-electron chi connectivity index (χ1n) is 10.7. The molecule has 2 aromatic rings. The van der Waals surface area contributed by atoms with Crippen LogP contribution >= 0.6 is 0 Å². The summed E-state index contributed by atoms with van der Waals surface area (Å²) in [7, 11) is 0. The largest absolute Gasteiger partial charge is 0.371 e. The van der Waals surface area contributed by atoms with Crippen LogP contribution in [0, 0.1) is 0 Å². The zero-order chi connectivity index (χ0) is 18.5. The van der Waals surface area contributed by atoms with E-state index in [0.717, 1.165) is 18.8 Å². The van der Waals surface area contributed by atoms with E-state index in [0.29, 0.717) is 12.1 Å². The molecular weight excluding hydrogens is 334 g/mol. The van der Waals surface area contributed by atoms with Crippen LogP contribution in [0.3, 0.4) is 0 Å². The third-order valence-electron chi connectivity index (χ3n) is 6.00. The summed E-state index contributed by atoms with van der Waals surface area (Å²) in [5, 5.41) is 8.27. The Morgan fingerprint density at radius 3 is 2.48 bits per heavy atom. The quantitative estimate of drug-likeness (QED) is 0.850. The maximum atomic E-state index is 4.30. The molecular formula is C22H33N5. The molecule has 27 heavy (non-hydrogen) atoms. The van der Waals surface area contributed by atoms with Crippen LogP contribution in [0.15, 0.2) is 42.7 Å². The Morgan fingerprint density at radius 1 is 1.00 bits per heavy atom. The number of nitrogens with one attached hydrogen (secondary N) is 1. The van der Waals surface area contributed by atoms with Crippen molar-refractivity contribution in [1.82, 2.24) is 20.0 Å². The van der Waals surface area contributed by atoms with Gasteiger partial charge in [-0.2, -0.15) is 5.10 Å². The highest BCUT2D eigenvalue weighted by Crippen LogP contribution is 2.22. The van der Waals surface area contributed by atoms with Gasteiger partial charge in [0.05, 0.1) is 5.69 Å². The van der Waals surface area contributed by atoms with Crippen molar-refractivity contribution in [1.29, 1.82) is 0 Å². The van der Waals surface area contributed by atoms with Crippen LogP contribution in [0.1, 0.15) is 39.0 Å². The molecule has 1 N–H and O–H groups in total. The molecule has 4 rings (SSSR count). The summed E-state index contributed by atoms with van der Waals surface area (Å²) in [6.45, 7) is 8.36. The van der Waals surface area contributed by atoms with Crippen molar-refractivity contribution < 1.29 is 0 Å². The van der Waals surface area contributed by atoms with Crippen molar-refractivity contribution in [3.05, 3.63) is 42.7 Å². The van der Waals surface area contributed by atoms with Crippen LogP contribution in [0.2, 0.25) is 0 Å². The van der Waals surface area contributed by atoms with E-state index < -0.39 is 0 Å². The minimum absolute atomic E-state index is 0.677. The number of hydrogen-bond acceptors (Lipinski definition) is 4. The van der Waals surface area contributed by atoms with Crippen molar-refractivity contribution in [3.8, 4) is 5.69 Å². The second kappa shape index (κ2) is 8.89. The Balaban J connectivity index is 1.26. The summed E-state index contributed by atoms with van der Waals surface area (Å²) >= 11 is 0. The number of piperidine rings is 2. The summed E-state index contributed by atoms with van der Waals surface area (Å²) in [5.74, 6) is 0. The zero-order valence-corrected chi connectivity index (χ0v) is 16.6. The van der Waals surface area contributed by atoms with Gasteiger partial charge in [-0.1, -0.05) is 6.92 Å². The van der Waals surface area contributed by atoms with Gasteiger partial charge in [-0.3, -0.25) is 0 Å². The van der Waals surface area contributed by atoms with Gasteiger partial charge in [0.15, 0.2) is 0 Å². The number of nitrogens with zero attached hydrogens (tertiary/aromatic N) is 4. The van der Waals surface area contributed by atoms with Crippen LogP contribution in [-0.4, -0.2) is 59.5 Å². The number of hydrogen-bond donors (Lipinski definition) is 1. The molecule has 2 aliphatic heterocycles. The molecule has 1 aromatic carbocycles. The van der Waals surface area contributed by atoms with Crippen molar-refractivity contribution in [2.45, 2.75) is 51.1 Å². The molecule has 0 aliphatic carbocycles. The highest BCUT2D eigenvalue weighted by Gasteiger charge is 2.25. The fourth-order valence-electron chi connectivity index (χ4n) is 4.59. The Labute approximate surface area is 163 Å². The molecule has 2 aliphatic rings. The lowest BCUT2D eigenvalue weighted by atomic mass is 9.99. The van der Waals surface area contributed by atoms with E-state index in [4.69, 9.17) is 0 Å². The zero-order valence-electron chi connectivity index (χ0n) is 16.6. The second-order valence-electron chi connectivity index (χ2n) is 8.03. The Kier molecular flexibility index (Phi) is 6.10. The standard InChI is InChI=1S/C22H33N5/c1-2-13-25-14-3-5-20(18-25)24-19-10-16-26(17-11-19)21-6-8-22(9-7-21)27-15-4-12-23-27/h4,6-9,12,15,19-20,24H,2-3,5,10-11,13-14,16-18H2,1H3/t20-/m0/s1. The van der Waals surface area contributed by atoms with Gasteiger partial charge < -0.3 is 15.1 Å². The van der Waals surface area contributed by atoms with E-state index in [1.165, 1.54) is 57.4 Å². The predicted molar refractivity (Wildman–Crippen MR) is 112 cm³/mol. The average molecular weight is 368 g/mol. The monoisotopic (exact) mass is 367 g/mol. The van der Waals surface area contributed by atoms with Gasteiger partial charge >= 0.3 is 0 Å². The van der Waals surface area contributed by atoms with E-state index in [2.05, 4.69) is 51.4 Å². The number of likely N-dealkylation sites (tertiary alicyclic amines) is 1. The molecule has 0 radical (unpaired) electrons. The van der Waals surface area contributed by atoms with Gasteiger partial charge in [-0.05, 0) is 75.5 Å². The first-order chi connectivity index (χ1) is 13.3. The molecule has 2 fully saturated rings. The van der Waals surface area contributed by atoms with Crippen LogP contribution in [0.25, 0.3) is 5.69 Å². The fraction of sp³-hybridized carbons (Fsp3) is 0.591. The molecule has 0 amide bonds. The SMILES string of the molecule is CCCN1CCC[C@H](NC2CCN(c3ccc(-n4cccn4)cc3)CC2)C1. The van der Waals surface area contributed by atoms with Gasteiger partial charge in [0.2, 0.25) is 0 Å². The van der Waals surface area contributed by atoms with Crippen molar-refractivity contribution in [3.63, 3.8) is 0 Å². The first kappa shape index (κ1) is 18.5. The summed E-state index contributed by atoms with van der Waals surface area (Å²) in [6, 6.07) is 12.1. The third kappa shape index (κ3) is 4.71. The van der Waals surface area contributed by atoms with E-state index >= 15 is 0 Å². The third-order valence-corrected chi connectivity index (χ3v) is 6.00. The summed E-state index contributed by atoms with van der Waals surface area (Å²) in [4.78, 5) is 5.16. The van der Waals surface area contributed by atoms with Gasteiger partial charge in [-0.25, -0.2) is 4.68 Å². The number of benzene rings is 1. The smallest absolute Gasteiger partial charge is 0.0647 e. The lowest BCUT2D eigenvalue weighted by Gasteiger charge is -2.39. The predicted octanol–water partition coefficient (Wildman–Crippen LogP) is 3.31. The van der Waals surface area contributed by atoms with Crippen LogP contribution < -0.4 is 10.2 Å². The van der Waals surface area contributed by atoms with Crippen LogP contribution in [0.4, 0.5) is 5.69 Å². The lowest BCUT2D eigenvalue weighted by molar-refractivity contribution is 0.178. The van der Waals surface area contributed by atoms with Crippen LogP contribution in [-0.2, 0) is 0 Å². The van der Waals surface area contributed by atoms with E-state index in [1.807, 2.05) is 23.1 Å². The topological polar surface area (TPSA) is 36.3 Å².